The summed E-state index contributed by atoms with van der Waals surface area (Å²) in [6.07, 6.45) is 3.69. The molecule has 4 heteroatoms. The van der Waals surface area contributed by atoms with E-state index in [0.717, 1.165) is 36.4 Å². The lowest BCUT2D eigenvalue weighted by Crippen LogP contribution is -2.43. The summed E-state index contributed by atoms with van der Waals surface area (Å²) < 4.78 is 6.63. The monoisotopic (exact) mass is 340 g/mol. The minimum Gasteiger partial charge on any atom is -0.496 e. The maximum absolute atomic E-state index is 5.51. The molecule has 20 heavy (non-hydrogen) atoms. The van der Waals surface area contributed by atoms with E-state index in [2.05, 4.69) is 39.1 Å². The van der Waals surface area contributed by atoms with Gasteiger partial charge in [0.2, 0.25) is 0 Å². The Balaban J connectivity index is 2.12. The highest BCUT2D eigenvalue weighted by molar-refractivity contribution is 9.10. The van der Waals surface area contributed by atoms with E-state index < -0.39 is 0 Å². The number of methoxy groups -OCH3 is 1. The Kier molecular flexibility index (Phi) is 6.33. The van der Waals surface area contributed by atoms with E-state index in [0.29, 0.717) is 6.04 Å². The summed E-state index contributed by atoms with van der Waals surface area (Å²) in [5.74, 6) is 0.989. The highest BCUT2D eigenvalue weighted by Gasteiger charge is 2.21. The van der Waals surface area contributed by atoms with E-state index in [1.807, 2.05) is 12.1 Å². The Morgan fingerprint density at radius 1 is 1.35 bits per heavy atom. The minimum atomic E-state index is 0.694. The Morgan fingerprint density at radius 2 is 2.10 bits per heavy atom. The molecule has 1 fully saturated rings. The summed E-state index contributed by atoms with van der Waals surface area (Å²) in [7, 11) is 1.75. The molecule has 0 spiro atoms. The third-order valence-corrected chi connectivity index (χ3v) is 4.45. The van der Waals surface area contributed by atoms with Crippen LogP contribution in [0.5, 0.6) is 5.75 Å². The first-order chi connectivity index (χ1) is 9.74. The zero-order valence-corrected chi connectivity index (χ0v) is 14.1. The number of nitrogens with one attached hydrogen (secondary N) is 1. The first kappa shape index (κ1) is 15.8. The standard InChI is InChI=1S/C16H25BrN2O/c1-3-10-19(15-6-8-18-9-7-15)12-13-11-14(17)4-5-16(13)20-2/h4-5,11,15,18H,3,6-10,12H2,1-2H3. The van der Waals surface area contributed by atoms with Crippen LogP contribution in [-0.4, -0.2) is 37.7 Å². The van der Waals surface area contributed by atoms with Gasteiger partial charge in [-0.1, -0.05) is 22.9 Å². The Morgan fingerprint density at radius 3 is 2.75 bits per heavy atom. The first-order valence-corrected chi connectivity index (χ1v) is 8.31. The van der Waals surface area contributed by atoms with Crippen molar-refractivity contribution in [3.8, 4) is 5.75 Å². The summed E-state index contributed by atoms with van der Waals surface area (Å²) in [6.45, 7) is 6.66. The van der Waals surface area contributed by atoms with E-state index in [-0.39, 0.29) is 0 Å². The van der Waals surface area contributed by atoms with E-state index in [1.54, 1.807) is 7.11 Å². The summed E-state index contributed by atoms with van der Waals surface area (Å²) in [5.41, 5.74) is 1.27. The summed E-state index contributed by atoms with van der Waals surface area (Å²) in [6, 6.07) is 6.96. The second-order valence-corrected chi connectivity index (χ2v) is 6.32. The highest BCUT2D eigenvalue weighted by atomic mass is 79.9. The Labute approximate surface area is 130 Å². The molecule has 0 bridgehead atoms. The van der Waals surface area contributed by atoms with Gasteiger partial charge in [-0.2, -0.15) is 0 Å². The Hall–Kier alpha value is -0.580. The normalized spacial score (nSPS) is 16.6. The molecule has 1 aliphatic rings. The molecule has 1 heterocycles. The number of rotatable bonds is 6. The molecule has 2 rings (SSSR count). The fourth-order valence-electron chi connectivity index (χ4n) is 2.94. The molecular weight excluding hydrogens is 316 g/mol. The quantitative estimate of drug-likeness (QED) is 0.858. The van der Waals surface area contributed by atoms with Gasteiger partial charge in [0.1, 0.15) is 5.75 Å². The van der Waals surface area contributed by atoms with Crippen LogP contribution < -0.4 is 10.1 Å². The van der Waals surface area contributed by atoms with Crippen LogP contribution in [0.2, 0.25) is 0 Å². The van der Waals surface area contributed by atoms with Crippen LogP contribution in [0.15, 0.2) is 22.7 Å². The molecule has 0 saturated carbocycles. The third-order valence-electron chi connectivity index (χ3n) is 3.95. The largest absolute Gasteiger partial charge is 0.496 e. The lowest BCUT2D eigenvalue weighted by Gasteiger charge is -2.34. The van der Waals surface area contributed by atoms with E-state index in [4.69, 9.17) is 4.74 Å². The van der Waals surface area contributed by atoms with Gasteiger partial charge >= 0.3 is 0 Å². The van der Waals surface area contributed by atoms with Crippen molar-refractivity contribution in [2.24, 2.45) is 0 Å². The molecule has 112 valence electrons. The van der Waals surface area contributed by atoms with Crippen molar-refractivity contribution >= 4 is 15.9 Å². The second kappa shape index (κ2) is 8.01. The van der Waals surface area contributed by atoms with Crippen molar-refractivity contribution in [1.82, 2.24) is 10.2 Å². The van der Waals surface area contributed by atoms with Crippen LogP contribution in [0.3, 0.4) is 0 Å². The Bertz CT molecular complexity index is 419. The molecule has 1 aliphatic heterocycles. The van der Waals surface area contributed by atoms with Gasteiger partial charge < -0.3 is 10.1 Å². The lowest BCUT2D eigenvalue weighted by atomic mass is 10.0. The van der Waals surface area contributed by atoms with Gasteiger partial charge in [-0.3, -0.25) is 4.90 Å². The minimum absolute atomic E-state index is 0.694. The van der Waals surface area contributed by atoms with Gasteiger partial charge in [0.05, 0.1) is 7.11 Å². The lowest BCUT2D eigenvalue weighted by molar-refractivity contribution is 0.152. The van der Waals surface area contributed by atoms with Crippen LogP contribution in [0.25, 0.3) is 0 Å². The van der Waals surface area contributed by atoms with Crippen molar-refractivity contribution < 1.29 is 4.74 Å². The van der Waals surface area contributed by atoms with Crippen molar-refractivity contribution in [2.45, 2.75) is 38.8 Å². The number of halogens is 1. The molecule has 1 aromatic carbocycles. The van der Waals surface area contributed by atoms with Gasteiger partial charge in [0, 0.05) is 22.6 Å². The summed E-state index contributed by atoms with van der Waals surface area (Å²) >= 11 is 3.57. The fraction of sp³-hybridized carbons (Fsp3) is 0.625. The molecule has 1 N–H and O–H groups in total. The van der Waals surface area contributed by atoms with Gasteiger partial charge in [0.15, 0.2) is 0 Å². The van der Waals surface area contributed by atoms with Gasteiger partial charge in [-0.05, 0) is 57.1 Å². The predicted octanol–water partition coefficient (Wildman–Crippen LogP) is 3.42. The molecule has 1 saturated heterocycles. The zero-order chi connectivity index (χ0) is 14.4. The molecule has 0 aromatic heterocycles. The maximum Gasteiger partial charge on any atom is 0.123 e. The van der Waals surface area contributed by atoms with E-state index in [9.17, 15) is 0 Å². The number of benzene rings is 1. The second-order valence-electron chi connectivity index (χ2n) is 5.41. The third kappa shape index (κ3) is 4.21. The molecule has 0 unspecified atom stereocenters. The van der Waals surface area contributed by atoms with Gasteiger partial charge in [-0.25, -0.2) is 0 Å². The van der Waals surface area contributed by atoms with Crippen molar-refractivity contribution in [2.75, 3.05) is 26.7 Å². The maximum atomic E-state index is 5.51. The molecule has 1 aromatic rings. The first-order valence-electron chi connectivity index (χ1n) is 7.51. The van der Waals surface area contributed by atoms with E-state index in [1.165, 1.54) is 24.8 Å². The summed E-state index contributed by atoms with van der Waals surface area (Å²) in [5, 5.41) is 3.45. The number of nitrogens with zero attached hydrogens (tertiary/aromatic N) is 1. The number of hydrogen-bond acceptors (Lipinski definition) is 3. The smallest absolute Gasteiger partial charge is 0.123 e. The molecule has 0 radical (unpaired) electrons. The van der Waals surface area contributed by atoms with Crippen LogP contribution in [0.1, 0.15) is 31.7 Å². The van der Waals surface area contributed by atoms with Crippen molar-refractivity contribution in [3.05, 3.63) is 28.2 Å². The SMILES string of the molecule is CCCN(Cc1cc(Br)ccc1OC)C1CCNCC1. The highest BCUT2D eigenvalue weighted by Crippen LogP contribution is 2.26. The van der Waals surface area contributed by atoms with Crippen LogP contribution in [0.4, 0.5) is 0 Å². The predicted molar refractivity (Wildman–Crippen MR) is 87.3 cm³/mol. The molecule has 0 aliphatic carbocycles. The van der Waals surface area contributed by atoms with Gasteiger partial charge in [-0.15, -0.1) is 0 Å². The van der Waals surface area contributed by atoms with Gasteiger partial charge in [0.25, 0.3) is 0 Å². The summed E-state index contributed by atoms with van der Waals surface area (Å²) in [4.78, 5) is 2.62. The topological polar surface area (TPSA) is 24.5 Å². The van der Waals surface area contributed by atoms with Crippen molar-refractivity contribution in [1.29, 1.82) is 0 Å². The number of piperidine rings is 1. The van der Waals surface area contributed by atoms with E-state index >= 15 is 0 Å². The molecule has 3 nitrogen and oxygen atoms in total. The average Bonchev–Trinajstić information content (AvgIpc) is 2.48. The molecule has 0 amide bonds. The average molecular weight is 341 g/mol. The molecule has 0 atom stereocenters. The van der Waals surface area contributed by atoms with Crippen LogP contribution >= 0.6 is 15.9 Å². The zero-order valence-electron chi connectivity index (χ0n) is 12.5. The van der Waals surface area contributed by atoms with Crippen molar-refractivity contribution in [3.63, 3.8) is 0 Å². The fourth-order valence-corrected chi connectivity index (χ4v) is 3.35. The van der Waals surface area contributed by atoms with Crippen LogP contribution in [0, 0.1) is 0 Å². The van der Waals surface area contributed by atoms with Crippen LogP contribution in [-0.2, 0) is 6.54 Å². The number of ether oxygens (including phenoxy) is 1. The number of hydrogen-bond donors (Lipinski definition) is 1. The molecular formula is C16H25BrN2O.